The van der Waals surface area contributed by atoms with Gasteiger partial charge in [-0.05, 0) is 44.9 Å². The monoisotopic (exact) mass is 364 g/mol. The van der Waals surface area contributed by atoms with E-state index in [1.165, 1.54) is 0 Å². The number of hydrogen-bond donors (Lipinski definition) is 1. The number of para-hydroxylation sites is 2. The summed E-state index contributed by atoms with van der Waals surface area (Å²) in [6, 6.07) is 8.33. The summed E-state index contributed by atoms with van der Waals surface area (Å²) in [5, 5.41) is 3.42. The van der Waals surface area contributed by atoms with Crippen molar-refractivity contribution in [1.29, 1.82) is 0 Å². The van der Waals surface area contributed by atoms with Crippen molar-refractivity contribution in [3.8, 4) is 0 Å². The second kappa shape index (κ2) is 7.22. The summed E-state index contributed by atoms with van der Waals surface area (Å²) < 4.78 is 3.38. The summed E-state index contributed by atoms with van der Waals surface area (Å²) in [6.45, 7) is 4.55. The number of amides is 1. The number of carbonyl (C=O) groups is 1. The molecule has 6 nitrogen and oxygen atoms in total. The lowest BCUT2D eigenvalue weighted by atomic mass is 10.1. The quantitative estimate of drug-likeness (QED) is 0.900. The molecule has 0 radical (unpaired) electrons. The van der Waals surface area contributed by atoms with Crippen LogP contribution in [0.2, 0.25) is 0 Å². The fraction of sp³-hybridized carbons (Fsp3) is 0.556. The van der Waals surface area contributed by atoms with E-state index in [2.05, 4.69) is 5.32 Å². The number of rotatable bonds is 3. The Balaban J connectivity index is 0.00000182. The lowest BCUT2D eigenvalue weighted by Gasteiger charge is -2.28. The van der Waals surface area contributed by atoms with Gasteiger partial charge in [-0.3, -0.25) is 13.9 Å². The van der Waals surface area contributed by atoms with Gasteiger partial charge in [-0.15, -0.1) is 12.4 Å². The van der Waals surface area contributed by atoms with Gasteiger partial charge in [0.1, 0.15) is 6.54 Å². The molecule has 3 heterocycles. The predicted octanol–water partition coefficient (Wildman–Crippen LogP) is 1.60. The molecule has 0 saturated carbocycles. The third-order valence-corrected chi connectivity index (χ3v) is 5.48. The van der Waals surface area contributed by atoms with Crippen LogP contribution in [0.1, 0.15) is 26.2 Å². The van der Waals surface area contributed by atoms with Crippen molar-refractivity contribution >= 4 is 29.3 Å². The molecule has 1 amide bonds. The first kappa shape index (κ1) is 18.0. The van der Waals surface area contributed by atoms with Crippen LogP contribution in [0.5, 0.6) is 0 Å². The molecule has 7 heteroatoms. The van der Waals surface area contributed by atoms with Crippen molar-refractivity contribution in [2.75, 3.05) is 13.1 Å². The molecule has 136 valence electrons. The van der Waals surface area contributed by atoms with E-state index in [9.17, 15) is 9.59 Å². The maximum absolute atomic E-state index is 13.0. The van der Waals surface area contributed by atoms with Crippen molar-refractivity contribution in [1.82, 2.24) is 19.4 Å². The summed E-state index contributed by atoms with van der Waals surface area (Å²) >= 11 is 0. The number of halogens is 1. The fourth-order valence-electron chi connectivity index (χ4n) is 4.34. The van der Waals surface area contributed by atoms with Gasteiger partial charge < -0.3 is 10.2 Å². The van der Waals surface area contributed by atoms with Crippen LogP contribution in [0, 0.1) is 0 Å². The molecule has 2 bridgehead atoms. The van der Waals surface area contributed by atoms with Gasteiger partial charge >= 0.3 is 5.69 Å². The minimum atomic E-state index is -0.0904. The molecule has 2 saturated heterocycles. The summed E-state index contributed by atoms with van der Waals surface area (Å²) in [5.41, 5.74) is 1.66. The smallest absolute Gasteiger partial charge is 0.329 e. The SMILES string of the molecule is CCn1c(=O)n(CC(=O)N2C3CCNCC2CC3)c2ccccc21.Cl. The number of nitrogens with zero attached hydrogens (tertiary/aromatic N) is 3. The van der Waals surface area contributed by atoms with E-state index in [-0.39, 0.29) is 36.6 Å². The van der Waals surface area contributed by atoms with Crippen LogP contribution >= 0.6 is 12.4 Å². The second-order valence-electron chi connectivity index (χ2n) is 6.78. The Kier molecular flexibility index (Phi) is 5.20. The van der Waals surface area contributed by atoms with Gasteiger partial charge in [-0.1, -0.05) is 12.1 Å². The highest BCUT2D eigenvalue weighted by Crippen LogP contribution is 2.28. The molecule has 2 atom stereocenters. The van der Waals surface area contributed by atoms with Gasteiger partial charge in [0.05, 0.1) is 11.0 Å². The van der Waals surface area contributed by atoms with Crippen LogP contribution in [0.25, 0.3) is 11.0 Å². The minimum Gasteiger partial charge on any atom is -0.334 e. The Morgan fingerprint density at radius 2 is 1.80 bits per heavy atom. The van der Waals surface area contributed by atoms with E-state index in [1.54, 1.807) is 9.13 Å². The first-order valence-corrected chi connectivity index (χ1v) is 8.90. The number of nitrogens with one attached hydrogen (secondary N) is 1. The van der Waals surface area contributed by atoms with Gasteiger partial charge in [0.25, 0.3) is 0 Å². The number of hydrogen-bond acceptors (Lipinski definition) is 3. The molecule has 1 aromatic carbocycles. The molecule has 1 aromatic heterocycles. The van der Waals surface area contributed by atoms with Gasteiger partial charge in [-0.2, -0.15) is 0 Å². The van der Waals surface area contributed by atoms with Crippen LogP contribution in [-0.4, -0.2) is 45.1 Å². The molecule has 2 aromatic rings. The zero-order chi connectivity index (χ0) is 16.7. The van der Waals surface area contributed by atoms with Crippen molar-refractivity contribution in [3.05, 3.63) is 34.7 Å². The number of fused-ring (bicyclic) bond motifs is 3. The molecule has 2 fully saturated rings. The first-order valence-electron chi connectivity index (χ1n) is 8.90. The maximum Gasteiger partial charge on any atom is 0.329 e. The fourth-order valence-corrected chi connectivity index (χ4v) is 4.34. The van der Waals surface area contributed by atoms with Crippen LogP contribution in [0.3, 0.4) is 0 Å². The maximum atomic E-state index is 13.0. The Bertz CT molecular complexity index is 814. The molecule has 0 spiro atoms. The number of benzene rings is 1. The van der Waals surface area contributed by atoms with Crippen molar-refractivity contribution in [3.63, 3.8) is 0 Å². The third kappa shape index (κ3) is 2.98. The number of imidazole rings is 1. The lowest BCUT2D eigenvalue weighted by molar-refractivity contribution is -0.134. The van der Waals surface area contributed by atoms with Crippen LogP contribution in [0.15, 0.2) is 29.1 Å². The topological polar surface area (TPSA) is 59.3 Å². The molecule has 1 N–H and O–H groups in total. The molecule has 2 aliphatic rings. The van der Waals surface area contributed by atoms with Gasteiger partial charge in [-0.25, -0.2) is 4.79 Å². The molecular weight excluding hydrogens is 340 g/mol. The van der Waals surface area contributed by atoms with E-state index in [0.29, 0.717) is 12.6 Å². The molecule has 2 unspecified atom stereocenters. The molecule has 25 heavy (non-hydrogen) atoms. The van der Waals surface area contributed by atoms with Crippen molar-refractivity contribution < 1.29 is 4.79 Å². The zero-order valence-corrected chi connectivity index (χ0v) is 15.3. The van der Waals surface area contributed by atoms with E-state index < -0.39 is 0 Å². The number of carbonyl (C=O) groups excluding carboxylic acids is 1. The highest BCUT2D eigenvalue weighted by Gasteiger charge is 2.38. The average molecular weight is 365 g/mol. The molecule has 4 rings (SSSR count). The van der Waals surface area contributed by atoms with E-state index >= 15 is 0 Å². The minimum absolute atomic E-state index is 0. The van der Waals surface area contributed by atoms with Crippen molar-refractivity contribution in [2.24, 2.45) is 0 Å². The van der Waals surface area contributed by atoms with Gasteiger partial charge in [0.15, 0.2) is 0 Å². The van der Waals surface area contributed by atoms with Crippen LogP contribution < -0.4 is 11.0 Å². The van der Waals surface area contributed by atoms with Gasteiger partial charge in [0, 0.05) is 25.2 Å². The summed E-state index contributed by atoms with van der Waals surface area (Å²) in [6.07, 6.45) is 3.16. The lowest BCUT2D eigenvalue weighted by Crippen LogP contribution is -2.45. The zero-order valence-electron chi connectivity index (χ0n) is 14.5. The second-order valence-corrected chi connectivity index (χ2v) is 6.78. The first-order chi connectivity index (χ1) is 11.7. The number of aryl methyl sites for hydroxylation is 1. The number of aromatic nitrogens is 2. The molecular formula is C18H25ClN4O2. The van der Waals surface area contributed by atoms with E-state index in [4.69, 9.17) is 0 Å². The Morgan fingerprint density at radius 1 is 1.12 bits per heavy atom. The Hall–Kier alpha value is -1.79. The highest BCUT2D eigenvalue weighted by molar-refractivity contribution is 5.85. The normalized spacial score (nSPS) is 22.7. The van der Waals surface area contributed by atoms with E-state index in [1.807, 2.05) is 36.1 Å². The Labute approximate surface area is 153 Å². The predicted molar refractivity (Wildman–Crippen MR) is 100 cm³/mol. The largest absolute Gasteiger partial charge is 0.334 e. The van der Waals surface area contributed by atoms with Gasteiger partial charge in [0.2, 0.25) is 5.91 Å². The molecule has 2 aliphatic heterocycles. The summed E-state index contributed by atoms with van der Waals surface area (Å²) in [5.74, 6) is 0.0762. The molecule has 0 aliphatic carbocycles. The Morgan fingerprint density at radius 3 is 2.52 bits per heavy atom. The van der Waals surface area contributed by atoms with Crippen LogP contribution in [0.4, 0.5) is 0 Å². The van der Waals surface area contributed by atoms with Crippen LogP contribution in [-0.2, 0) is 17.9 Å². The summed E-state index contributed by atoms with van der Waals surface area (Å²) in [4.78, 5) is 27.8. The van der Waals surface area contributed by atoms with Crippen molar-refractivity contribution in [2.45, 2.75) is 51.4 Å². The van der Waals surface area contributed by atoms with E-state index in [0.717, 1.165) is 43.4 Å². The standard InChI is InChI=1S/C18H24N4O2.ClH/c1-2-20-15-5-3-4-6-16(15)21(18(20)24)12-17(23)22-13-7-8-14(22)11-19-10-9-13;/h3-6,13-14,19H,2,7-12H2,1H3;1H. The highest BCUT2D eigenvalue weighted by atomic mass is 35.5. The average Bonchev–Trinajstić information content (AvgIpc) is 3.00. The third-order valence-electron chi connectivity index (χ3n) is 5.48. The summed E-state index contributed by atoms with van der Waals surface area (Å²) in [7, 11) is 0.